The summed E-state index contributed by atoms with van der Waals surface area (Å²) in [6.45, 7) is 3.99. The second kappa shape index (κ2) is 9.16. The number of anilines is 1. The normalized spacial score (nSPS) is 15.8. The maximum absolute atomic E-state index is 13.3. The van der Waals surface area contributed by atoms with Crippen LogP contribution in [-0.2, 0) is 9.53 Å². The Bertz CT molecular complexity index is 1240. The van der Waals surface area contributed by atoms with Crippen molar-refractivity contribution in [3.05, 3.63) is 74.1 Å². The highest BCUT2D eigenvalue weighted by atomic mass is 32.1. The minimum Gasteiger partial charge on any atom is -0.503 e. The lowest BCUT2D eigenvalue weighted by atomic mass is 9.95. The second-order valence-electron chi connectivity index (χ2n) is 7.05. The van der Waals surface area contributed by atoms with E-state index in [1.54, 1.807) is 48.7 Å². The summed E-state index contributed by atoms with van der Waals surface area (Å²) >= 11 is 2.18. The first kappa shape index (κ1) is 22.7. The number of aryl methyl sites for hydroxylation is 1. The minimum absolute atomic E-state index is 0.0425. The summed E-state index contributed by atoms with van der Waals surface area (Å²) in [6.07, 6.45) is 0. The maximum atomic E-state index is 13.3. The smallest absolute Gasteiger partial charge is 0.350 e. The molecule has 0 bridgehead atoms. The standard InChI is InChI=1S/C23H20N2O6S2/c1-4-31-14-9-7-13(8-10-14)17-16(18(26)15-6-5-11-32-15)19(27)21(28)25(17)23-24-12(2)20(33-23)22(29)30-3/h5-11,17,27H,4H2,1-3H3/t17-/m0/s1. The van der Waals surface area contributed by atoms with Crippen molar-refractivity contribution in [1.29, 1.82) is 0 Å². The van der Waals surface area contributed by atoms with Crippen LogP contribution in [0.3, 0.4) is 0 Å². The molecule has 0 spiro atoms. The number of carbonyl (C=O) groups excluding carboxylic acids is 3. The molecule has 1 N–H and O–H groups in total. The molecule has 0 aliphatic carbocycles. The van der Waals surface area contributed by atoms with E-state index >= 15 is 0 Å². The number of methoxy groups -OCH3 is 1. The second-order valence-corrected chi connectivity index (χ2v) is 8.98. The molecule has 3 aromatic rings. The van der Waals surface area contributed by atoms with Gasteiger partial charge in [-0.15, -0.1) is 11.3 Å². The van der Waals surface area contributed by atoms with Crippen LogP contribution in [-0.4, -0.2) is 41.5 Å². The summed E-state index contributed by atoms with van der Waals surface area (Å²) in [5.74, 6) is -1.79. The van der Waals surface area contributed by atoms with E-state index in [1.807, 2.05) is 6.92 Å². The predicted octanol–water partition coefficient (Wildman–Crippen LogP) is 4.48. The van der Waals surface area contributed by atoms with E-state index in [-0.39, 0.29) is 15.6 Å². The number of carbonyl (C=O) groups is 3. The monoisotopic (exact) mass is 484 g/mol. The lowest BCUT2D eigenvalue weighted by molar-refractivity contribution is -0.117. The number of amides is 1. The van der Waals surface area contributed by atoms with Crippen molar-refractivity contribution >= 4 is 45.5 Å². The van der Waals surface area contributed by atoms with Crippen LogP contribution < -0.4 is 9.64 Å². The number of aliphatic hydroxyl groups excluding tert-OH is 1. The Kier molecular flexibility index (Phi) is 6.30. The number of hydrogen-bond acceptors (Lipinski definition) is 9. The third-order valence-electron chi connectivity index (χ3n) is 5.07. The van der Waals surface area contributed by atoms with Gasteiger partial charge in [-0.05, 0) is 43.0 Å². The summed E-state index contributed by atoms with van der Waals surface area (Å²) in [5.41, 5.74) is 0.930. The van der Waals surface area contributed by atoms with Gasteiger partial charge in [0, 0.05) is 0 Å². The lowest BCUT2D eigenvalue weighted by Gasteiger charge is -2.24. The van der Waals surface area contributed by atoms with Gasteiger partial charge in [-0.25, -0.2) is 9.78 Å². The van der Waals surface area contributed by atoms with Crippen molar-refractivity contribution in [2.24, 2.45) is 0 Å². The van der Waals surface area contributed by atoms with Gasteiger partial charge in [0.15, 0.2) is 10.9 Å². The average Bonchev–Trinajstić information content (AvgIpc) is 3.53. The van der Waals surface area contributed by atoms with Crippen molar-refractivity contribution in [2.75, 3.05) is 18.6 Å². The topological polar surface area (TPSA) is 106 Å². The third kappa shape index (κ3) is 4.03. The molecule has 1 aliphatic rings. The van der Waals surface area contributed by atoms with E-state index in [2.05, 4.69) is 4.98 Å². The molecule has 1 aromatic carbocycles. The molecule has 0 saturated heterocycles. The number of rotatable bonds is 7. The molecular formula is C23H20N2O6S2. The fourth-order valence-corrected chi connectivity index (χ4v) is 5.26. The van der Waals surface area contributed by atoms with E-state index in [9.17, 15) is 19.5 Å². The van der Waals surface area contributed by atoms with Crippen LogP contribution in [0.5, 0.6) is 5.75 Å². The Balaban J connectivity index is 1.84. The van der Waals surface area contributed by atoms with Crippen LogP contribution in [0.15, 0.2) is 53.1 Å². The van der Waals surface area contributed by atoms with Gasteiger partial charge in [-0.3, -0.25) is 14.5 Å². The Labute approximate surface area is 197 Å². The van der Waals surface area contributed by atoms with Gasteiger partial charge in [0.25, 0.3) is 5.91 Å². The first-order chi connectivity index (χ1) is 15.9. The molecule has 1 amide bonds. The van der Waals surface area contributed by atoms with Crippen LogP contribution in [0.2, 0.25) is 0 Å². The van der Waals surface area contributed by atoms with Crippen LogP contribution in [0, 0.1) is 6.92 Å². The van der Waals surface area contributed by atoms with Gasteiger partial charge in [-0.1, -0.05) is 29.5 Å². The van der Waals surface area contributed by atoms with Gasteiger partial charge in [0.05, 0.1) is 35.9 Å². The molecule has 10 heteroatoms. The van der Waals surface area contributed by atoms with Crippen LogP contribution in [0.25, 0.3) is 0 Å². The Morgan fingerprint density at radius 1 is 1.21 bits per heavy atom. The van der Waals surface area contributed by atoms with Crippen molar-refractivity contribution in [3.8, 4) is 5.75 Å². The molecule has 1 aliphatic heterocycles. The number of aliphatic hydroxyl groups is 1. The molecule has 170 valence electrons. The highest BCUT2D eigenvalue weighted by Gasteiger charge is 2.46. The number of esters is 1. The molecular weight excluding hydrogens is 464 g/mol. The van der Waals surface area contributed by atoms with Gasteiger partial charge in [0.2, 0.25) is 5.78 Å². The molecule has 3 heterocycles. The summed E-state index contributed by atoms with van der Waals surface area (Å²) < 4.78 is 10.3. The van der Waals surface area contributed by atoms with Crippen molar-refractivity contribution < 1.29 is 29.0 Å². The van der Waals surface area contributed by atoms with E-state index in [0.29, 0.717) is 28.5 Å². The van der Waals surface area contributed by atoms with Crippen molar-refractivity contribution in [1.82, 2.24) is 4.98 Å². The zero-order valence-corrected chi connectivity index (χ0v) is 19.7. The van der Waals surface area contributed by atoms with Crippen molar-refractivity contribution in [2.45, 2.75) is 19.9 Å². The number of nitrogens with zero attached hydrogens (tertiary/aromatic N) is 2. The first-order valence-electron chi connectivity index (χ1n) is 10.0. The van der Waals surface area contributed by atoms with E-state index < -0.39 is 29.5 Å². The molecule has 0 saturated carbocycles. The zero-order chi connectivity index (χ0) is 23.7. The highest BCUT2D eigenvalue weighted by Crippen LogP contribution is 2.44. The SMILES string of the molecule is CCOc1ccc([C@H]2C(C(=O)c3cccs3)=C(O)C(=O)N2c2nc(C)c(C(=O)OC)s2)cc1. The fraction of sp³-hybridized carbons (Fsp3) is 0.217. The number of ether oxygens (including phenoxy) is 2. The number of Topliss-reactive ketones (excluding diaryl/α,β-unsaturated/α-hetero) is 1. The van der Waals surface area contributed by atoms with Gasteiger partial charge in [0.1, 0.15) is 10.6 Å². The number of benzene rings is 1. The number of ketones is 1. The molecule has 2 aromatic heterocycles. The number of thiazole rings is 1. The van der Waals surface area contributed by atoms with E-state index in [4.69, 9.17) is 9.47 Å². The Morgan fingerprint density at radius 3 is 2.55 bits per heavy atom. The quantitative estimate of drug-likeness (QED) is 0.389. The van der Waals surface area contributed by atoms with Gasteiger partial charge in [-0.2, -0.15) is 0 Å². The highest BCUT2D eigenvalue weighted by molar-refractivity contribution is 7.17. The molecule has 8 nitrogen and oxygen atoms in total. The zero-order valence-electron chi connectivity index (χ0n) is 18.0. The minimum atomic E-state index is -0.932. The lowest BCUT2D eigenvalue weighted by Crippen LogP contribution is -2.31. The summed E-state index contributed by atoms with van der Waals surface area (Å²) in [6, 6.07) is 9.37. The fourth-order valence-electron chi connectivity index (χ4n) is 3.57. The average molecular weight is 485 g/mol. The summed E-state index contributed by atoms with van der Waals surface area (Å²) in [5, 5.41) is 12.7. The largest absolute Gasteiger partial charge is 0.503 e. The number of aromatic nitrogens is 1. The third-order valence-corrected chi connectivity index (χ3v) is 7.07. The molecule has 0 radical (unpaired) electrons. The van der Waals surface area contributed by atoms with Gasteiger partial charge >= 0.3 is 5.97 Å². The maximum Gasteiger partial charge on any atom is 0.350 e. The first-order valence-corrected chi connectivity index (χ1v) is 11.7. The molecule has 0 fully saturated rings. The van der Waals surface area contributed by atoms with Gasteiger partial charge < -0.3 is 14.6 Å². The number of hydrogen-bond donors (Lipinski definition) is 1. The molecule has 0 unspecified atom stereocenters. The summed E-state index contributed by atoms with van der Waals surface area (Å²) in [7, 11) is 1.26. The summed E-state index contributed by atoms with van der Waals surface area (Å²) in [4.78, 5) is 44.9. The molecule has 1 atom stereocenters. The Morgan fingerprint density at radius 2 is 1.94 bits per heavy atom. The van der Waals surface area contributed by atoms with E-state index in [1.165, 1.54) is 23.3 Å². The number of thiophene rings is 1. The molecule has 4 rings (SSSR count). The van der Waals surface area contributed by atoms with Crippen LogP contribution in [0.4, 0.5) is 5.13 Å². The van der Waals surface area contributed by atoms with Crippen molar-refractivity contribution in [3.63, 3.8) is 0 Å². The predicted molar refractivity (Wildman–Crippen MR) is 124 cm³/mol. The van der Waals surface area contributed by atoms with E-state index in [0.717, 1.165) is 11.3 Å². The Hall–Kier alpha value is -3.50. The van der Waals surface area contributed by atoms with Crippen LogP contribution >= 0.6 is 22.7 Å². The molecule has 33 heavy (non-hydrogen) atoms. The van der Waals surface area contributed by atoms with Crippen LogP contribution in [0.1, 0.15) is 43.6 Å².